The highest BCUT2D eigenvalue weighted by atomic mass is 14.8. The maximum absolute atomic E-state index is 3.30. The molecule has 0 fully saturated rings. The standard InChI is InChI=1S/C17H21N/c1-14-8-10-15(11-9-14)12-17(13-18-2)16-6-4-3-5-7-16/h3-11,17-18H,12-13H2,1-2H3. The summed E-state index contributed by atoms with van der Waals surface area (Å²) in [6.45, 7) is 3.14. The molecule has 0 radical (unpaired) electrons. The summed E-state index contributed by atoms with van der Waals surface area (Å²) < 4.78 is 0. The molecule has 2 aromatic carbocycles. The van der Waals surface area contributed by atoms with Crippen LogP contribution in [0, 0.1) is 6.92 Å². The van der Waals surface area contributed by atoms with Gasteiger partial charge in [0.2, 0.25) is 0 Å². The Balaban J connectivity index is 2.14. The molecular weight excluding hydrogens is 218 g/mol. The molecule has 1 nitrogen and oxygen atoms in total. The highest BCUT2D eigenvalue weighted by Crippen LogP contribution is 2.20. The van der Waals surface area contributed by atoms with Crippen LogP contribution in [-0.4, -0.2) is 13.6 Å². The molecule has 0 aliphatic carbocycles. The second kappa shape index (κ2) is 6.36. The first-order valence-corrected chi connectivity index (χ1v) is 6.54. The Hall–Kier alpha value is -1.60. The van der Waals surface area contributed by atoms with Crippen LogP contribution in [0.3, 0.4) is 0 Å². The monoisotopic (exact) mass is 239 g/mol. The minimum Gasteiger partial charge on any atom is -0.319 e. The number of rotatable bonds is 5. The van der Waals surface area contributed by atoms with Crippen molar-refractivity contribution in [2.75, 3.05) is 13.6 Å². The fourth-order valence-corrected chi connectivity index (χ4v) is 2.29. The third kappa shape index (κ3) is 3.44. The van der Waals surface area contributed by atoms with Crippen LogP contribution in [-0.2, 0) is 6.42 Å². The van der Waals surface area contributed by atoms with Gasteiger partial charge >= 0.3 is 0 Å². The van der Waals surface area contributed by atoms with Gasteiger partial charge in [-0.15, -0.1) is 0 Å². The number of aryl methyl sites for hydroxylation is 1. The van der Waals surface area contributed by atoms with Gasteiger partial charge in [0.15, 0.2) is 0 Å². The third-order valence-electron chi connectivity index (χ3n) is 3.32. The molecule has 1 unspecified atom stereocenters. The zero-order chi connectivity index (χ0) is 12.8. The highest BCUT2D eigenvalue weighted by Gasteiger charge is 2.10. The van der Waals surface area contributed by atoms with Crippen molar-refractivity contribution in [1.82, 2.24) is 5.32 Å². The Morgan fingerprint density at radius 3 is 2.22 bits per heavy atom. The molecule has 1 heteroatoms. The molecule has 0 saturated carbocycles. The van der Waals surface area contributed by atoms with Crippen LogP contribution < -0.4 is 5.32 Å². The van der Waals surface area contributed by atoms with Crippen molar-refractivity contribution in [3.8, 4) is 0 Å². The van der Waals surface area contributed by atoms with E-state index in [1.54, 1.807) is 0 Å². The normalized spacial score (nSPS) is 12.3. The van der Waals surface area contributed by atoms with Gasteiger partial charge in [0.1, 0.15) is 0 Å². The van der Waals surface area contributed by atoms with Gasteiger partial charge in [-0.2, -0.15) is 0 Å². The van der Waals surface area contributed by atoms with Gasteiger partial charge in [-0.25, -0.2) is 0 Å². The zero-order valence-electron chi connectivity index (χ0n) is 11.2. The average molecular weight is 239 g/mol. The van der Waals surface area contributed by atoms with Gasteiger partial charge in [-0.1, -0.05) is 60.2 Å². The first-order chi connectivity index (χ1) is 8.79. The van der Waals surface area contributed by atoms with Gasteiger partial charge in [0, 0.05) is 12.5 Å². The molecule has 0 aliphatic heterocycles. The first kappa shape index (κ1) is 12.8. The van der Waals surface area contributed by atoms with E-state index in [2.05, 4.69) is 66.8 Å². The van der Waals surface area contributed by atoms with Gasteiger partial charge in [-0.05, 0) is 31.5 Å². The average Bonchev–Trinajstić information content (AvgIpc) is 2.42. The number of hydrogen-bond acceptors (Lipinski definition) is 1. The maximum Gasteiger partial charge on any atom is 0.00203 e. The topological polar surface area (TPSA) is 12.0 Å². The Bertz CT molecular complexity index is 459. The van der Waals surface area contributed by atoms with E-state index in [4.69, 9.17) is 0 Å². The summed E-state index contributed by atoms with van der Waals surface area (Å²) in [6, 6.07) is 19.6. The summed E-state index contributed by atoms with van der Waals surface area (Å²) in [4.78, 5) is 0. The molecule has 0 aromatic heterocycles. The van der Waals surface area contributed by atoms with E-state index in [9.17, 15) is 0 Å². The van der Waals surface area contributed by atoms with E-state index in [0.29, 0.717) is 5.92 Å². The maximum atomic E-state index is 3.30. The molecule has 18 heavy (non-hydrogen) atoms. The second-order valence-electron chi connectivity index (χ2n) is 4.86. The minimum absolute atomic E-state index is 0.541. The van der Waals surface area contributed by atoms with Crippen LogP contribution in [0.5, 0.6) is 0 Å². The number of hydrogen-bond donors (Lipinski definition) is 1. The largest absolute Gasteiger partial charge is 0.319 e. The van der Waals surface area contributed by atoms with Crippen molar-refractivity contribution < 1.29 is 0 Å². The smallest absolute Gasteiger partial charge is 0.00203 e. The van der Waals surface area contributed by atoms with Crippen molar-refractivity contribution in [2.45, 2.75) is 19.3 Å². The molecule has 1 atom stereocenters. The predicted octanol–water partition coefficient (Wildman–Crippen LogP) is 3.54. The minimum atomic E-state index is 0.541. The van der Waals surface area contributed by atoms with Gasteiger partial charge in [-0.3, -0.25) is 0 Å². The molecule has 0 saturated heterocycles. The molecule has 0 heterocycles. The SMILES string of the molecule is CNCC(Cc1ccc(C)cc1)c1ccccc1. The fraction of sp³-hybridized carbons (Fsp3) is 0.294. The molecule has 94 valence electrons. The number of nitrogens with one attached hydrogen (secondary N) is 1. The van der Waals surface area contributed by atoms with Gasteiger partial charge in [0.05, 0.1) is 0 Å². The number of benzene rings is 2. The molecule has 0 bridgehead atoms. The van der Waals surface area contributed by atoms with Crippen LogP contribution in [0.4, 0.5) is 0 Å². The summed E-state index contributed by atoms with van der Waals surface area (Å²) in [5.41, 5.74) is 4.14. The quantitative estimate of drug-likeness (QED) is 0.841. The Kier molecular flexibility index (Phi) is 4.54. The molecule has 0 aliphatic rings. The molecule has 2 rings (SSSR count). The van der Waals surface area contributed by atoms with E-state index in [1.165, 1.54) is 16.7 Å². The van der Waals surface area contributed by atoms with Crippen LogP contribution in [0.25, 0.3) is 0 Å². The van der Waals surface area contributed by atoms with Crippen molar-refractivity contribution in [3.63, 3.8) is 0 Å². The summed E-state index contributed by atoms with van der Waals surface area (Å²) >= 11 is 0. The molecule has 2 aromatic rings. The predicted molar refractivity (Wildman–Crippen MR) is 78.0 cm³/mol. The van der Waals surface area contributed by atoms with E-state index < -0.39 is 0 Å². The Morgan fingerprint density at radius 1 is 0.944 bits per heavy atom. The Labute approximate surface area is 110 Å². The lowest BCUT2D eigenvalue weighted by Crippen LogP contribution is -2.19. The molecular formula is C17H21N. The third-order valence-corrected chi connectivity index (χ3v) is 3.32. The molecule has 0 spiro atoms. The van der Waals surface area contributed by atoms with Crippen molar-refractivity contribution in [2.24, 2.45) is 0 Å². The molecule has 1 N–H and O–H groups in total. The van der Waals surface area contributed by atoms with E-state index in [0.717, 1.165) is 13.0 Å². The first-order valence-electron chi connectivity index (χ1n) is 6.54. The fourth-order valence-electron chi connectivity index (χ4n) is 2.29. The number of likely N-dealkylation sites (N-methyl/N-ethyl adjacent to an activating group) is 1. The lowest BCUT2D eigenvalue weighted by atomic mass is 9.91. The van der Waals surface area contributed by atoms with E-state index in [1.807, 2.05) is 7.05 Å². The lowest BCUT2D eigenvalue weighted by Gasteiger charge is -2.17. The summed E-state index contributed by atoms with van der Waals surface area (Å²) in [5.74, 6) is 0.541. The van der Waals surface area contributed by atoms with Crippen LogP contribution >= 0.6 is 0 Å². The Morgan fingerprint density at radius 2 is 1.61 bits per heavy atom. The summed E-state index contributed by atoms with van der Waals surface area (Å²) in [5, 5.41) is 3.30. The van der Waals surface area contributed by atoms with Crippen molar-refractivity contribution in [1.29, 1.82) is 0 Å². The van der Waals surface area contributed by atoms with Crippen molar-refractivity contribution >= 4 is 0 Å². The van der Waals surface area contributed by atoms with E-state index in [-0.39, 0.29) is 0 Å². The molecule has 0 amide bonds. The van der Waals surface area contributed by atoms with Crippen LogP contribution in [0.2, 0.25) is 0 Å². The van der Waals surface area contributed by atoms with Crippen molar-refractivity contribution in [3.05, 3.63) is 71.3 Å². The summed E-state index contributed by atoms with van der Waals surface area (Å²) in [7, 11) is 2.02. The van der Waals surface area contributed by atoms with E-state index >= 15 is 0 Å². The van der Waals surface area contributed by atoms with Crippen LogP contribution in [0.1, 0.15) is 22.6 Å². The summed E-state index contributed by atoms with van der Waals surface area (Å²) in [6.07, 6.45) is 1.09. The highest BCUT2D eigenvalue weighted by molar-refractivity contribution is 5.26. The second-order valence-corrected chi connectivity index (χ2v) is 4.86. The zero-order valence-corrected chi connectivity index (χ0v) is 11.2. The van der Waals surface area contributed by atoms with Crippen LogP contribution in [0.15, 0.2) is 54.6 Å². The van der Waals surface area contributed by atoms with Gasteiger partial charge < -0.3 is 5.32 Å². The lowest BCUT2D eigenvalue weighted by molar-refractivity contribution is 0.626. The van der Waals surface area contributed by atoms with Gasteiger partial charge in [0.25, 0.3) is 0 Å².